The minimum Gasteiger partial charge on any atom is -0.450 e. The van der Waals surface area contributed by atoms with E-state index >= 15 is 0 Å². The van der Waals surface area contributed by atoms with Crippen molar-refractivity contribution in [3.63, 3.8) is 0 Å². The molecule has 0 bridgehead atoms. The lowest BCUT2D eigenvalue weighted by Gasteiger charge is -2.30. The van der Waals surface area contributed by atoms with Crippen LogP contribution in [-0.4, -0.2) is 73.1 Å². The first-order chi connectivity index (χ1) is 15.5. The molecule has 0 aromatic heterocycles. The lowest BCUT2D eigenvalue weighted by molar-refractivity contribution is -0.119. The van der Waals surface area contributed by atoms with E-state index in [4.69, 9.17) is 4.74 Å². The predicted octanol–water partition coefficient (Wildman–Crippen LogP) is 4.12. The fourth-order valence-corrected chi connectivity index (χ4v) is 5.73. The number of ketones is 1. The highest BCUT2D eigenvalue weighted by Gasteiger charge is 2.33. The number of Topliss-reactive ketones (excluding diaryl/α,β-unsaturated/α-hetero) is 1. The van der Waals surface area contributed by atoms with E-state index in [-0.39, 0.29) is 6.09 Å². The van der Waals surface area contributed by atoms with Crippen LogP contribution in [0.4, 0.5) is 10.5 Å². The molecule has 0 saturated carbocycles. The topological polar surface area (TPSA) is 53.1 Å². The van der Waals surface area contributed by atoms with Gasteiger partial charge in [0.2, 0.25) is 0 Å². The van der Waals surface area contributed by atoms with Gasteiger partial charge in [0.1, 0.15) is 5.78 Å². The molecule has 6 heteroatoms. The van der Waals surface area contributed by atoms with Gasteiger partial charge in [0.05, 0.1) is 6.61 Å². The highest BCUT2D eigenvalue weighted by atomic mass is 16.6. The van der Waals surface area contributed by atoms with Crippen molar-refractivity contribution in [1.82, 2.24) is 9.80 Å². The second-order valence-corrected chi connectivity index (χ2v) is 9.83. The number of hydrogen-bond donors (Lipinski definition) is 0. The van der Waals surface area contributed by atoms with Crippen molar-refractivity contribution < 1.29 is 14.3 Å². The molecule has 0 aliphatic carbocycles. The van der Waals surface area contributed by atoms with E-state index in [1.165, 1.54) is 31.5 Å². The van der Waals surface area contributed by atoms with Gasteiger partial charge in [0.15, 0.2) is 0 Å². The zero-order valence-corrected chi connectivity index (χ0v) is 19.8. The maximum Gasteiger partial charge on any atom is 0.409 e. The monoisotopic (exact) mass is 441 g/mol. The first-order valence-electron chi connectivity index (χ1n) is 12.6. The van der Waals surface area contributed by atoms with Crippen LogP contribution >= 0.6 is 0 Å². The van der Waals surface area contributed by atoms with Gasteiger partial charge in [-0.2, -0.15) is 0 Å². The van der Waals surface area contributed by atoms with E-state index in [0.717, 1.165) is 37.5 Å². The Labute approximate surface area is 192 Å². The number of hydrogen-bond acceptors (Lipinski definition) is 5. The maximum atomic E-state index is 12.6. The number of carbonyl (C=O) groups is 2. The Morgan fingerprint density at radius 3 is 2.41 bits per heavy atom. The molecular weight excluding hydrogens is 402 g/mol. The number of anilines is 1. The highest BCUT2D eigenvalue weighted by Crippen LogP contribution is 2.28. The molecule has 1 aromatic rings. The number of amides is 1. The third-order valence-electron chi connectivity index (χ3n) is 7.60. The summed E-state index contributed by atoms with van der Waals surface area (Å²) in [5.74, 6) is 0.679. The van der Waals surface area contributed by atoms with Crippen molar-refractivity contribution in [3.05, 3.63) is 29.8 Å². The van der Waals surface area contributed by atoms with Gasteiger partial charge in [-0.1, -0.05) is 12.1 Å². The van der Waals surface area contributed by atoms with Gasteiger partial charge in [-0.15, -0.1) is 0 Å². The summed E-state index contributed by atoms with van der Waals surface area (Å²) >= 11 is 0. The second-order valence-electron chi connectivity index (χ2n) is 9.83. The molecule has 0 radical (unpaired) electrons. The minimum absolute atomic E-state index is 0.225. The Bertz CT molecular complexity index is 773. The fraction of sp³-hybridized carbons (Fsp3) is 0.692. The normalized spacial score (nSPS) is 24.8. The van der Waals surface area contributed by atoms with Crippen LogP contribution in [0.3, 0.4) is 0 Å². The van der Waals surface area contributed by atoms with E-state index < -0.39 is 0 Å². The summed E-state index contributed by atoms with van der Waals surface area (Å²) < 4.78 is 5.07. The number of benzene rings is 1. The minimum atomic E-state index is -0.225. The van der Waals surface area contributed by atoms with Crippen LogP contribution < -0.4 is 4.90 Å². The standard InChI is InChI=1S/C26H39N3O3/c1-3-32-26(31)27-14-10-22(11-15-27)18-25(30)17-21-6-8-23(9-7-21)28-16-12-24(19-28)29-13-4-5-20(29)2/h6-9,20,22,24H,3-5,10-19H2,1-2H3/t20-,24-/m0/s1. The number of nitrogens with zero attached hydrogens (tertiary/aromatic N) is 3. The van der Waals surface area contributed by atoms with Gasteiger partial charge in [-0.3, -0.25) is 9.69 Å². The van der Waals surface area contributed by atoms with Crippen LogP contribution in [-0.2, 0) is 16.0 Å². The molecule has 1 aromatic carbocycles. The smallest absolute Gasteiger partial charge is 0.409 e. The van der Waals surface area contributed by atoms with Crippen LogP contribution in [0.5, 0.6) is 0 Å². The average molecular weight is 442 g/mol. The summed E-state index contributed by atoms with van der Waals surface area (Å²) in [5, 5.41) is 0. The molecule has 176 valence electrons. The van der Waals surface area contributed by atoms with Gasteiger partial charge in [-0.25, -0.2) is 4.79 Å². The molecule has 3 aliphatic rings. The number of likely N-dealkylation sites (tertiary alicyclic amines) is 2. The van der Waals surface area contributed by atoms with Crippen LogP contribution in [0.15, 0.2) is 24.3 Å². The van der Waals surface area contributed by atoms with E-state index in [2.05, 4.69) is 41.0 Å². The number of ether oxygens (including phenoxy) is 1. The maximum absolute atomic E-state index is 12.6. The SMILES string of the molecule is CCOC(=O)N1CCC(CC(=O)Cc2ccc(N3CC[C@H](N4CCC[C@@H]4C)C3)cc2)CC1. The molecule has 1 amide bonds. The van der Waals surface area contributed by atoms with Crippen LogP contribution in [0.2, 0.25) is 0 Å². The van der Waals surface area contributed by atoms with Crippen molar-refractivity contribution in [1.29, 1.82) is 0 Å². The number of carbonyl (C=O) groups excluding carboxylic acids is 2. The van der Waals surface area contributed by atoms with E-state index in [1.807, 2.05) is 6.92 Å². The zero-order chi connectivity index (χ0) is 22.5. The predicted molar refractivity (Wildman–Crippen MR) is 127 cm³/mol. The molecule has 3 heterocycles. The third kappa shape index (κ3) is 5.64. The summed E-state index contributed by atoms with van der Waals surface area (Å²) in [7, 11) is 0. The highest BCUT2D eigenvalue weighted by molar-refractivity contribution is 5.81. The van der Waals surface area contributed by atoms with Gasteiger partial charge in [0.25, 0.3) is 0 Å². The molecular formula is C26H39N3O3. The number of piperidine rings is 1. The van der Waals surface area contributed by atoms with Crippen molar-refractivity contribution in [3.8, 4) is 0 Å². The molecule has 4 rings (SSSR count). The summed E-state index contributed by atoms with van der Waals surface area (Å²) in [4.78, 5) is 31.4. The van der Waals surface area contributed by atoms with Gasteiger partial charge >= 0.3 is 6.09 Å². The quantitative estimate of drug-likeness (QED) is 0.637. The largest absolute Gasteiger partial charge is 0.450 e. The van der Waals surface area contributed by atoms with E-state index in [0.29, 0.717) is 50.3 Å². The molecule has 0 unspecified atom stereocenters. The lowest BCUT2D eigenvalue weighted by atomic mass is 9.90. The van der Waals surface area contributed by atoms with E-state index in [1.54, 1.807) is 4.90 Å². The zero-order valence-electron chi connectivity index (χ0n) is 19.8. The van der Waals surface area contributed by atoms with Gasteiger partial charge in [-0.05, 0) is 76.1 Å². The molecule has 6 nitrogen and oxygen atoms in total. The Balaban J connectivity index is 1.21. The van der Waals surface area contributed by atoms with Gasteiger partial charge in [0, 0.05) is 56.8 Å². The van der Waals surface area contributed by atoms with Gasteiger partial charge < -0.3 is 14.5 Å². The lowest BCUT2D eigenvalue weighted by Crippen LogP contribution is -2.39. The molecule has 3 aliphatic heterocycles. The van der Waals surface area contributed by atoms with Crippen molar-refractivity contribution >= 4 is 17.6 Å². The summed E-state index contributed by atoms with van der Waals surface area (Å²) in [5.41, 5.74) is 2.38. The molecule has 0 N–H and O–H groups in total. The summed E-state index contributed by atoms with van der Waals surface area (Å²) in [6.45, 7) is 9.48. The third-order valence-corrected chi connectivity index (χ3v) is 7.60. The molecule has 32 heavy (non-hydrogen) atoms. The van der Waals surface area contributed by atoms with Crippen LogP contribution in [0.1, 0.15) is 57.9 Å². The van der Waals surface area contributed by atoms with Crippen molar-refractivity contribution in [2.24, 2.45) is 5.92 Å². The second kappa shape index (κ2) is 10.7. The molecule has 0 spiro atoms. The molecule has 3 saturated heterocycles. The Morgan fingerprint density at radius 2 is 1.75 bits per heavy atom. The fourth-order valence-electron chi connectivity index (χ4n) is 5.73. The van der Waals surface area contributed by atoms with Crippen LogP contribution in [0.25, 0.3) is 0 Å². The first kappa shape index (κ1) is 23.1. The number of rotatable bonds is 7. The first-order valence-corrected chi connectivity index (χ1v) is 12.6. The van der Waals surface area contributed by atoms with Crippen LogP contribution in [0, 0.1) is 5.92 Å². The summed E-state index contributed by atoms with van der Waals surface area (Å²) in [6, 6.07) is 10.0. The Morgan fingerprint density at radius 1 is 1.00 bits per heavy atom. The van der Waals surface area contributed by atoms with Crippen molar-refractivity contribution in [2.45, 2.75) is 70.9 Å². The Kier molecular flexibility index (Phi) is 7.71. The molecule has 3 fully saturated rings. The summed E-state index contributed by atoms with van der Waals surface area (Å²) in [6.07, 6.45) is 6.59. The average Bonchev–Trinajstić information content (AvgIpc) is 3.44. The Hall–Kier alpha value is -2.08. The molecule has 2 atom stereocenters. The van der Waals surface area contributed by atoms with E-state index in [9.17, 15) is 9.59 Å². The van der Waals surface area contributed by atoms with Crippen molar-refractivity contribution in [2.75, 3.05) is 44.2 Å².